The zero-order valence-corrected chi connectivity index (χ0v) is 20.3. The molecule has 0 radical (unpaired) electrons. The van der Waals surface area contributed by atoms with E-state index in [0.717, 1.165) is 37.8 Å². The average Bonchev–Trinajstić information content (AvgIpc) is 3.34. The van der Waals surface area contributed by atoms with Gasteiger partial charge >= 0.3 is 0 Å². The third-order valence-electron chi connectivity index (χ3n) is 8.13. The molecule has 10 heteroatoms. The molecule has 1 aromatic rings. The van der Waals surface area contributed by atoms with E-state index in [4.69, 9.17) is 0 Å². The van der Waals surface area contributed by atoms with Crippen molar-refractivity contribution >= 4 is 17.7 Å². The third-order valence-corrected chi connectivity index (χ3v) is 8.13. The Balaban J connectivity index is 1.35. The van der Waals surface area contributed by atoms with E-state index in [1.807, 2.05) is 27.0 Å². The molecule has 0 aromatic carbocycles. The maximum atomic E-state index is 13.9. The average molecular weight is 473 g/mol. The number of hydrogen-bond donors (Lipinski definition) is 3. The monoisotopic (exact) mass is 472 g/mol. The number of hydrogen-bond acceptors (Lipinski definition) is 6. The number of nitrogens with zero attached hydrogens (tertiary/aromatic N) is 4. The van der Waals surface area contributed by atoms with Gasteiger partial charge in [0.1, 0.15) is 12.1 Å². The number of aromatic nitrogens is 3. The fourth-order valence-electron chi connectivity index (χ4n) is 5.89. The van der Waals surface area contributed by atoms with Crippen LogP contribution in [0.15, 0.2) is 6.20 Å². The lowest BCUT2D eigenvalue weighted by Gasteiger charge is -2.50. The Morgan fingerprint density at radius 3 is 2.65 bits per heavy atom. The van der Waals surface area contributed by atoms with Crippen molar-refractivity contribution in [1.82, 2.24) is 30.5 Å². The summed E-state index contributed by atoms with van der Waals surface area (Å²) in [7, 11) is 0. The smallest absolute Gasteiger partial charge is 0.248 e. The van der Waals surface area contributed by atoms with Crippen molar-refractivity contribution in [2.75, 3.05) is 13.1 Å². The van der Waals surface area contributed by atoms with Crippen LogP contribution in [0.4, 0.5) is 0 Å². The fraction of sp³-hybridized carbons (Fsp3) is 0.792. The van der Waals surface area contributed by atoms with Gasteiger partial charge in [0.05, 0.1) is 17.8 Å². The van der Waals surface area contributed by atoms with E-state index >= 15 is 0 Å². The molecule has 186 valence electrons. The van der Waals surface area contributed by atoms with Crippen LogP contribution in [-0.2, 0) is 14.4 Å². The number of carbonyl (C=O) groups is 3. The number of piperidine rings is 1. The maximum Gasteiger partial charge on any atom is 0.248 e. The van der Waals surface area contributed by atoms with Gasteiger partial charge in [0.15, 0.2) is 0 Å². The molecule has 34 heavy (non-hydrogen) atoms. The highest BCUT2D eigenvalue weighted by Gasteiger charge is 2.51. The van der Waals surface area contributed by atoms with Crippen molar-refractivity contribution < 1.29 is 19.5 Å². The minimum absolute atomic E-state index is 0.0321. The van der Waals surface area contributed by atoms with Gasteiger partial charge in [-0.25, -0.2) is 4.68 Å². The molecule has 1 unspecified atom stereocenters. The molecule has 4 atom stereocenters. The summed E-state index contributed by atoms with van der Waals surface area (Å²) in [5, 5.41) is 25.0. The summed E-state index contributed by atoms with van der Waals surface area (Å²) in [6.07, 6.45) is 6.81. The highest BCUT2D eigenvalue weighted by atomic mass is 16.3. The number of rotatable bonds is 5. The van der Waals surface area contributed by atoms with Gasteiger partial charge in [0.2, 0.25) is 17.7 Å². The Hall–Kier alpha value is -2.49. The Bertz CT molecular complexity index is 976. The number of nitrogens with one attached hydrogen (secondary N) is 2. The SMILES string of the molecule is CC(C)(C)[C@@H](C(=O)N1C[C@H](O)C[C@H]1C(=O)NC1CNC(=O)CC12CCC2)n1cc(C2CC2)nn1. The molecule has 5 rings (SSSR count). The first-order chi connectivity index (χ1) is 16.1. The van der Waals surface area contributed by atoms with Gasteiger partial charge in [-0.1, -0.05) is 32.4 Å². The molecule has 4 fully saturated rings. The van der Waals surface area contributed by atoms with E-state index < -0.39 is 23.6 Å². The lowest BCUT2D eigenvalue weighted by atomic mass is 9.60. The number of aliphatic hydroxyl groups excluding tert-OH is 1. The number of likely N-dealkylation sites (tertiary alicyclic amines) is 1. The van der Waals surface area contributed by atoms with Gasteiger partial charge in [-0.3, -0.25) is 14.4 Å². The van der Waals surface area contributed by atoms with Crippen molar-refractivity contribution in [2.45, 2.75) is 95.9 Å². The summed E-state index contributed by atoms with van der Waals surface area (Å²) < 4.78 is 1.63. The quantitative estimate of drug-likeness (QED) is 0.583. The predicted octanol–water partition coefficient (Wildman–Crippen LogP) is 0.880. The van der Waals surface area contributed by atoms with Gasteiger partial charge in [0, 0.05) is 43.5 Å². The molecule has 2 saturated heterocycles. The zero-order chi connectivity index (χ0) is 24.3. The van der Waals surface area contributed by atoms with Gasteiger partial charge in [-0.05, 0) is 31.1 Å². The third kappa shape index (κ3) is 4.21. The van der Waals surface area contributed by atoms with Crippen LogP contribution in [0.5, 0.6) is 0 Å². The summed E-state index contributed by atoms with van der Waals surface area (Å²) in [6, 6.07) is -1.55. The van der Waals surface area contributed by atoms with Crippen LogP contribution in [0.1, 0.15) is 83.4 Å². The van der Waals surface area contributed by atoms with E-state index in [1.165, 1.54) is 4.90 Å². The summed E-state index contributed by atoms with van der Waals surface area (Å²) in [5.41, 5.74) is 0.254. The Morgan fingerprint density at radius 1 is 1.29 bits per heavy atom. The lowest BCUT2D eigenvalue weighted by molar-refractivity contribution is -0.145. The van der Waals surface area contributed by atoms with Crippen LogP contribution in [0, 0.1) is 10.8 Å². The van der Waals surface area contributed by atoms with Gasteiger partial charge in [-0.2, -0.15) is 0 Å². The minimum Gasteiger partial charge on any atom is -0.391 e. The second-order valence-electron chi connectivity index (χ2n) is 11.8. The second-order valence-corrected chi connectivity index (χ2v) is 11.8. The maximum absolute atomic E-state index is 13.9. The highest BCUT2D eigenvalue weighted by molar-refractivity contribution is 5.90. The van der Waals surface area contributed by atoms with Crippen molar-refractivity contribution in [3.63, 3.8) is 0 Å². The number of amides is 3. The van der Waals surface area contributed by atoms with E-state index in [9.17, 15) is 19.5 Å². The Morgan fingerprint density at radius 2 is 2.03 bits per heavy atom. The highest BCUT2D eigenvalue weighted by Crippen LogP contribution is 2.48. The Kier molecular flexibility index (Phi) is 5.69. The van der Waals surface area contributed by atoms with Crippen LogP contribution < -0.4 is 10.6 Å². The largest absolute Gasteiger partial charge is 0.391 e. The van der Waals surface area contributed by atoms with Crippen LogP contribution in [0.3, 0.4) is 0 Å². The summed E-state index contributed by atoms with van der Waals surface area (Å²) >= 11 is 0. The number of aliphatic hydroxyl groups is 1. The van der Waals surface area contributed by atoms with Crippen LogP contribution in [0.25, 0.3) is 0 Å². The van der Waals surface area contributed by atoms with Crippen molar-refractivity contribution in [3.8, 4) is 0 Å². The molecular formula is C24H36N6O4. The first-order valence-electron chi connectivity index (χ1n) is 12.5. The molecule has 1 aromatic heterocycles. The summed E-state index contributed by atoms with van der Waals surface area (Å²) in [4.78, 5) is 40.8. The van der Waals surface area contributed by atoms with Gasteiger partial charge in [0.25, 0.3) is 0 Å². The lowest BCUT2D eigenvalue weighted by Crippen LogP contribution is -2.63. The second kappa shape index (κ2) is 8.32. The molecule has 2 saturated carbocycles. The first kappa shape index (κ1) is 23.3. The van der Waals surface area contributed by atoms with Crippen LogP contribution in [0.2, 0.25) is 0 Å². The normalized spacial score (nSPS) is 29.5. The van der Waals surface area contributed by atoms with Gasteiger partial charge in [-0.15, -0.1) is 5.10 Å². The van der Waals surface area contributed by atoms with E-state index in [1.54, 1.807) is 4.68 Å². The molecule has 10 nitrogen and oxygen atoms in total. The van der Waals surface area contributed by atoms with E-state index in [2.05, 4.69) is 20.9 Å². The molecule has 3 N–H and O–H groups in total. The van der Waals surface area contributed by atoms with Crippen molar-refractivity contribution in [3.05, 3.63) is 11.9 Å². The van der Waals surface area contributed by atoms with Crippen LogP contribution in [-0.4, -0.2) is 74.0 Å². The molecule has 3 heterocycles. The number of carbonyl (C=O) groups excluding carboxylic acids is 3. The molecule has 2 aliphatic carbocycles. The summed E-state index contributed by atoms with van der Waals surface area (Å²) in [6.45, 7) is 6.43. The Labute approximate surface area is 199 Å². The topological polar surface area (TPSA) is 129 Å². The van der Waals surface area contributed by atoms with Crippen LogP contribution >= 0.6 is 0 Å². The molecule has 2 aliphatic heterocycles. The van der Waals surface area contributed by atoms with Crippen molar-refractivity contribution in [2.24, 2.45) is 10.8 Å². The molecule has 4 aliphatic rings. The molecule has 3 amide bonds. The van der Waals surface area contributed by atoms with E-state index in [0.29, 0.717) is 18.9 Å². The standard InChI is InChI=1S/C24H36N6O4/c1-23(2,3)20(30-13-16(27-28-30)14-5-6-14)22(34)29-12-15(31)9-17(29)21(33)26-18-11-25-19(32)10-24(18)7-4-8-24/h13-15,17-18,20,31H,4-12H2,1-3H3,(H,25,32)(H,26,33)/t15-,17+,18?,20-/m1/s1. The van der Waals surface area contributed by atoms with E-state index in [-0.39, 0.29) is 42.1 Å². The van der Waals surface area contributed by atoms with Crippen molar-refractivity contribution in [1.29, 1.82) is 0 Å². The zero-order valence-electron chi connectivity index (χ0n) is 20.3. The first-order valence-corrected chi connectivity index (χ1v) is 12.5. The predicted molar refractivity (Wildman–Crippen MR) is 122 cm³/mol. The fourth-order valence-corrected chi connectivity index (χ4v) is 5.89. The van der Waals surface area contributed by atoms with Gasteiger partial charge < -0.3 is 20.6 Å². The molecule has 1 spiro atoms. The molecule has 0 bridgehead atoms. The minimum atomic E-state index is -0.762. The number of β-amino-alcohol motifs (C(OH)–C–C–N with tert-alkyl or cyclic N) is 1. The summed E-state index contributed by atoms with van der Waals surface area (Å²) in [5.74, 6) is -0.0369. The molecular weight excluding hydrogens is 436 g/mol.